The molecule has 2 aromatic heterocycles. The van der Waals surface area contributed by atoms with Crippen LogP contribution in [0.1, 0.15) is 6.04 Å². The third-order valence-electron chi connectivity index (χ3n) is 3.46. The van der Waals surface area contributed by atoms with E-state index in [-0.39, 0.29) is 18.6 Å². The predicted octanol–water partition coefficient (Wildman–Crippen LogP) is -1.24. The number of aromatic nitrogens is 4. The van der Waals surface area contributed by atoms with Gasteiger partial charge in [-0.1, -0.05) is 0 Å². The van der Waals surface area contributed by atoms with Gasteiger partial charge in [0, 0.05) is 13.1 Å². The minimum Gasteiger partial charge on any atom is -0.390 e. The van der Waals surface area contributed by atoms with Gasteiger partial charge in [0.2, 0.25) is 0 Å². The summed E-state index contributed by atoms with van der Waals surface area (Å²) >= 11 is 0. The largest absolute Gasteiger partial charge is 0.390 e. The van der Waals surface area contributed by atoms with Gasteiger partial charge in [-0.05, 0) is 0 Å². The number of nitrogens with zero attached hydrogens (tertiary/aromatic N) is 5. The highest BCUT2D eigenvalue weighted by molar-refractivity contribution is 7.51. The maximum absolute atomic E-state index is 11.1. The summed E-state index contributed by atoms with van der Waals surface area (Å²) in [6.45, 7) is 0.470. The van der Waals surface area contributed by atoms with Crippen LogP contribution in [-0.4, -0.2) is 64.8 Å². The van der Waals surface area contributed by atoms with Crippen LogP contribution in [0.15, 0.2) is 12.7 Å². The minimum absolute atomic E-state index is 0.177. The number of likely N-dealkylation sites (tertiary alicyclic amines) is 1. The summed E-state index contributed by atoms with van der Waals surface area (Å²) in [6, 6.07) is -0.393. The van der Waals surface area contributed by atoms with E-state index in [4.69, 9.17) is 15.5 Å². The molecule has 0 saturated carbocycles. The number of rotatable bonds is 3. The molecule has 0 amide bonds. The summed E-state index contributed by atoms with van der Waals surface area (Å²) in [7, 11) is -4.16. The fourth-order valence-corrected chi connectivity index (χ4v) is 3.36. The van der Waals surface area contributed by atoms with Crippen LogP contribution in [0.3, 0.4) is 0 Å². The molecule has 11 heteroatoms. The van der Waals surface area contributed by atoms with Crippen LogP contribution in [-0.2, 0) is 4.57 Å². The SMILES string of the molecule is Nc1ncnc2c1ncn2[C@@H]1CN(CP(=O)(O)O)C[C@@H]1O. The molecule has 0 spiro atoms. The van der Waals surface area contributed by atoms with Gasteiger partial charge in [-0.2, -0.15) is 0 Å². The van der Waals surface area contributed by atoms with Crippen molar-refractivity contribution in [3.63, 3.8) is 0 Å². The third-order valence-corrected chi connectivity index (χ3v) is 4.23. The average Bonchev–Trinajstić information content (AvgIpc) is 2.92. The molecule has 0 radical (unpaired) electrons. The summed E-state index contributed by atoms with van der Waals surface area (Å²) < 4.78 is 12.7. The first-order valence-corrected chi connectivity index (χ1v) is 8.03. The highest BCUT2D eigenvalue weighted by Gasteiger charge is 2.36. The number of β-amino-alcohol motifs (C(OH)–C–C–N with tert-alkyl or cyclic N) is 1. The molecule has 0 bridgehead atoms. The van der Waals surface area contributed by atoms with Gasteiger partial charge in [0.15, 0.2) is 11.5 Å². The van der Waals surface area contributed by atoms with E-state index in [1.165, 1.54) is 17.6 Å². The van der Waals surface area contributed by atoms with Crippen LogP contribution in [0.2, 0.25) is 0 Å². The molecule has 1 fully saturated rings. The second-order valence-corrected chi connectivity index (χ2v) is 6.67. The lowest BCUT2D eigenvalue weighted by atomic mass is 10.2. The van der Waals surface area contributed by atoms with E-state index in [0.717, 1.165) is 0 Å². The number of hydrogen-bond donors (Lipinski definition) is 4. The van der Waals surface area contributed by atoms with Crippen LogP contribution >= 0.6 is 7.60 Å². The van der Waals surface area contributed by atoms with Crippen molar-refractivity contribution in [2.75, 3.05) is 25.1 Å². The molecule has 0 aromatic carbocycles. The van der Waals surface area contributed by atoms with Gasteiger partial charge in [0.05, 0.1) is 18.5 Å². The molecular formula is C10H15N6O4P. The zero-order chi connectivity index (χ0) is 15.2. The Morgan fingerprint density at radius 3 is 2.81 bits per heavy atom. The lowest BCUT2D eigenvalue weighted by Gasteiger charge is -2.17. The maximum Gasteiger partial charge on any atom is 0.339 e. The van der Waals surface area contributed by atoms with Crippen molar-refractivity contribution >= 4 is 24.6 Å². The summed E-state index contributed by atoms with van der Waals surface area (Å²) in [4.78, 5) is 31.6. The van der Waals surface area contributed by atoms with Gasteiger partial charge >= 0.3 is 7.60 Å². The van der Waals surface area contributed by atoms with Gasteiger partial charge in [-0.3, -0.25) is 9.46 Å². The number of anilines is 1. The predicted molar refractivity (Wildman–Crippen MR) is 73.3 cm³/mol. The summed E-state index contributed by atoms with van der Waals surface area (Å²) in [5.74, 6) is 0.248. The number of nitrogens with two attached hydrogens (primary N) is 1. The third kappa shape index (κ3) is 2.76. The maximum atomic E-state index is 11.1. The molecule has 0 unspecified atom stereocenters. The highest BCUT2D eigenvalue weighted by Crippen LogP contribution is 2.38. The van der Waals surface area contributed by atoms with Gasteiger partial charge in [0.25, 0.3) is 0 Å². The standard InChI is InChI=1S/C10H15N6O4P/c11-9-8-10(13-3-12-9)16(4-14-8)6-1-15(2-7(6)17)5-21(18,19)20/h3-4,6-7,17H,1-2,5H2,(H2,11,12,13)(H2,18,19,20)/t6-,7+/m1/s1. The molecule has 0 aliphatic carbocycles. The molecular weight excluding hydrogens is 299 g/mol. The summed E-state index contributed by atoms with van der Waals surface area (Å²) in [5.41, 5.74) is 6.64. The molecule has 2 aromatic rings. The second-order valence-electron chi connectivity index (χ2n) is 5.06. The zero-order valence-electron chi connectivity index (χ0n) is 10.9. The first-order chi connectivity index (χ1) is 9.85. The Bertz CT molecular complexity index is 715. The Morgan fingerprint density at radius 1 is 1.33 bits per heavy atom. The van der Waals surface area contributed by atoms with Crippen molar-refractivity contribution in [2.24, 2.45) is 0 Å². The molecule has 1 aliphatic rings. The van der Waals surface area contributed by atoms with Crippen LogP contribution in [0.25, 0.3) is 11.2 Å². The smallest absolute Gasteiger partial charge is 0.339 e. The minimum atomic E-state index is -4.16. The van der Waals surface area contributed by atoms with Crippen molar-refractivity contribution in [3.8, 4) is 0 Å². The number of imidazole rings is 1. The molecule has 1 aliphatic heterocycles. The average molecular weight is 314 g/mol. The van der Waals surface area contributed by atoms with Gasteiger partial charge < -0.3 is 25.2 Å². The molecule has 1 saturated heterocycles. The number of fused-ring (bicyclic) bond motifs is 1. The summed E-state index contributed by atoms with van der Waals surface area (Å²) in [5, 5.41) is 10.1. The van der Waals surface area contributed by atoms with Crippen LogP contribution in [0, 0.1) is 0 Å². The number of aliphatic hydroxyl groups excluding tert-OH is 1. The van der Waals surface area contributed by atoms with Crippen molar-refractivity contribution in [2.45, 2.75) is 12.1 Å². The molecule has 3 heterocycles. The fraction of sp³-hybridized carbons (Fsp3) is 0.500. The van der Waals surface area contributed by atoms with Gasteiger partial charge in [-0.25, -0.2) is 15.0 Å². The van der Waals surface area contributed by atoms with Gasteiger partial charge in [-0.15, -0.1) is 0 Å². The fourth-order valence-electron chi connectivity index (χ4n) is 2.61. The molecule has 114 valence electrons. The Labute approximate surface area is 119 Å². The quantitative estimate of drug-likeness (QED) is 0.510. The van der Waals surface area contributed by atoms with Gasteiger partial charge in [0.1, 0.15) is 18.1 Å². The van der Waals surface area contributed by atoms with Crippen molar-refractivity contribution in [1.82, 2.24) is 24.4 Å². The first-order valence-electron chi connectivity index (χ1n) is 6.23. The number of aliphatic hydroxyl groups is 1. The number of nitrogen functional groups attached to an aromatic ring is 1. The van der Waals surface area contributed by atoms with E-state index in [1.54, 1.807) is 4.57 Å². The van der Waals surface area contributed by atoms with E-state index < -0.39 is 19.7 Å². The molecule has 21 heavy (non-hydrogen) atoms. The Kier molecular flexibility index (Phi) is 3.42. The second kappa shape index (κ2) is 5.00. The normalized spacial score (nSPS) is 24.0. The first kappa shape index (κ1) is 14.4. The topological polar surface area (TPSA) is 151 Å². The van der Waals surface area contributed by atoms with Crippen molar-refractivity contribution in [3.05, 3.63) is 12.7 Å². The highest BCUT2D eigenvalue weighted by atomic mass is 31.2. The van der Waals surface area contributed by atoms with Crippen molar-refractivity contribution in [1.29, 1.82) is 0 Å². The van der Waals surface area contributed by atoms with Crippen LogP contribution in [0.5, 0.6) is 0 Å². The Hall–Kier alpha value is -1.58. The van der Waals surface area contributed by atoms with Crippen molar-refractivity contribution < 1.29 is 19.5 Å². The lowest BCUT2D eigenvalue weighted by Crippen LogP contribution is -2.23. The van der Waals surface area contributed by atoms with Crippen LogP contribution in [0.4, 0.5) is 5.82 Å². The van der Waals surface area contributed by atoms with E-state index >= 15 is 0 Å². The Balaban J connectivity index is 1.89. The monoisotopic (exact) mass is 314 g/mol. The molecule has 2 atom stereocenters. The zero-order valence-corrected chi connectivity index (χ0v) is 11.8. The van der Waals surface area contributed by atoms with E-state index in [0.29, 0.717) is 17.7 Å². The lowest BCUT2D eigenvalue weighted by molar-refractivity contribution is 0.146. The molecule has 10 nitrogen and oxygen atoms in total. The number of hydrogen-bond acceptors (Lipinski definition) is 7. The van der Waals surface area contributed by atoms with Crippen LogP contribution < -0.4 is 5.73 Å². The Morgan fingerprint density at radius 2 is 2.10 bits per heavy atom. The summed E-state index contributed by atoms with van der Waals surface area (Å²) in [6.07, 6.45) is 1.66. The van der Waals surface area contributed by atoms with E-state index in [2.05, 4.69) is 15.0 Å². The molecule has 5 N–H and O–H groups in total. The van der Waals surface area contributed by atoms with E-state index in [9.17, 15) is 9.67 Å². The van der Waals surface area contributed by atoms with E-state index in [1.807, 2.05) is 0 Å². The molecule has 3 rings (SSSR count).